The summed E-state index contributed by atoms with van der Waals surface area (Å²) in [5, 5.41) is -0.0357. The van der Waals surface area contributed by atoms with Crippen molar-refractivity contribution in [2.45, 2.75) is 70.1 Å². The van der Waals surface area contributed by atoms with Crippen LogP contribution in [0.4, 0.5) is 0 Å². The number of carbonyl (C=O) groups excluding carboxylic acids is 3. The first-order valence-corrected chi connectivity index (χ1v) is 14.9. The maximum absolute atomic E-state index is 12.7. The molecule has 0 heterocycles. The van der Waals surface area contributed by atoms with Crippen LogP contribution in [-0.4, -0.2) is 43.5 Å². The van der Waals surface area contributed by atoms with Gasteiger partial charge in [-0.1, -0.05) is 13.2 Å². The molecule has 41 heavy (non-hydrogen) atoms. The number of hydrogen-bond acceptors (Lipinski definition) is 8. The van der Waals surface area contributed by atoms with Gasteiger partial charge in [-0.15, -0.1) is 0 Å². The van der Waals surface area contributed by atoms with Crippen LogP contribution in [0.15, 0.2) is 77.7 Å². The third kappa shape index (κ3) is 14.6. The number of carbonyl (C=O) groups is 3. The highest BCUT2D eigenvalue weighted by atomic mass is 32.2. The zero-order chi connectivity index (χ0) is 29.9. The molecule has 0 amide bonds. The molecule has 0 unspecified atom stereocenters. The first-order valence-electron chi connectivity index (χ1n) is 14.1. The monoisotopic (exact) mass is 582 g/mol. The molecule has 0 spiro atoms. The van der Waals surface area contributed by atoms with Crippen molar-refractivity contribution in [1.29, 1.82) is 0 Å². The number of esters is 2. The van der Waals surface area contributed by atoms with Crippen LogP contribution < -0.4 is 9.47 Å². The molecule has 0 atom stereocenters. The SMILES string of the molecule is C=C(C)C(=O)OCCCCCCOc1ccc(SC(=O)c2ccc(OCCCCCCOC(=O)C(=C)C)cc2)cc1. The number of unbranched alkanes of at least 4 members (excludes halogenated alkanes) is 6. The van der Waals surface area contributed by atoms with Crippen molar-refractivity contribution in [3.63, 3.8) is 0 Å². The molecule has 0 bridgehead atoms. The molecule has 7 nitrogen and oxygen atoms in total. The fourth-order valence-corrected chi connectivity index (χ4v) is 4.27. The van der Waals surface area contributed by atoms with Gasteiger partial charge in [0, 0.05) is 21.6 Å². The van der Waals surface area contributed by atoms with Gasteiger partial charge in [0.25, 0.3) is 0 Å². The Morgan fingerprint density at radius 3 is 1.39 bits per heavy atom. The van der Waals surface area contributed by atoms with Crippen molar-refractivity contribution in [2.24, 2.45) is 0 Å². The van der Waals surface area contributed by atoms with Crippen LogP contribution in [0, 0.1) is 0 Å². The molecule has 0 aromatic heterocycles. The Morgan fingerprint density at radius 2 is 0.976 bits per heavy atom. The first-order chi connectivity index (χ1) is 19.8. The van der Waals surface area contributed by atoms with Crippen molar-refractivity contribution in [2.75, 3.05) is 26.4 Å². The third-order valence-corrected chi connectivity index (χ3v) is 6.83. The van der Waals surface area contributed by atoms with Gasteiger partial charge in [0.05, 0.1) is 26.4 Å². The van der Waals surface area contributed by atoms with Crippen molar-refractivity contribution in [3.8, 4) is 11.5 Å². The fraction of sp³-hybridized carbons (Fsp3) is 0.424. The highest BCUT2D eigenvalue weighted by molar-refractivity contribution is 8.14. The number of benzene rings is 2. The summed E-state index contributed by atoms with van der Waals surface area (Å²) in [6.07, 6.45) is 7.37. The molecule has 2 rings (SSSR count). The predicted octanol–water partition coefficient (Wildman–Crippen LogP) is 7.74. The maximum atomic E-state index is 12.7. The standard InChI is InChI=1S/C33H42O7S/c1-25(2)31(34)39-23-11-7-5-9-21-37-28-15-13-27(14-16-28)33(36)41-30-19-17-29(18-20-30)38-22-10-6-8-12-24-40-32(35)26(3)4/h13-20H,1,3,5-12,21-24H2,2,4H3. The van der Waals surface area contributed by atoms with Crippen molar-refractivity contribution in [1.82, 2.24) is 0 Å². The van der Waals surface area contributed by atoms with Crippen LogP contribution in [0.25, 0.3) is 0 Å². The van der Waals surface area contributed by atoms with E-state index < -0.39 is 0 Å². The summed E-state index contributed by atoms with van der Waals surface area (Å²) < 4.78 is 21.7. The summed E-state index contributed by atoms with van der Waals surface area (Å²) in [4.78, 5) is 36.2. The van der Waals surface area contributed by atoms with Crippen LogP contribution in [0.3, 0.4) is 0 Å². The molecule has 0 N–H and O–H groups in total. The summed E-state index contributed by atoms with van der Waals surface area (Å²) in [6.45, 7) is 12.4. The largest absolute Gasteiger partial charge is 0.494 e. The van der Waals surface area contributed by atoms with Gasteiger partial charge in [0.15, 0.2) is 0 Å². The van der Waals surface area contributed by atoms with E-state index in [2.05, 4.69) is 13.2 Å². The average molecular weight is 583 g/mol. The minimum atomic E-state index is -0.339. The quantitative estimate of drug-likeness (QED) is 0.0678. The van der Waals surface area contributed by atoms with Gasteiger partial charge in [-0.05, 0) is 126 Å². The lowest BCUT2D eigenvalue weighted by molar-refractivity contribution is -0.139. The second-order valence-corrected chi connectivity index (χ2v) is 10.8. The number of thioether (sulfide) groups is 1. The lowest BCUT2D eigenvalue weighted by Gasteiger charge is -2.08. The van der Waals surface area contributed by atoms with E-state index in [9.17, 15) is 14.4 Å². The van der Waals surface area contributed by atoms with E-state index in [0.717, 1.165) is 67.8 Å². The highest BCUT2D eigenvalue weighted by Crippen LogP contribution is 2.26. The molecule has 2 aromatic carbocycles. The molecule has 8 heteroatoms. The van der Waals surface area contributed by atoms with E-state index in [1.54, 1.807) is 26.0 Å². The second kappa shape index (κ2) is 19.5. The molecule has 0 aliphatic heterocycles. The summed E-state index contributed by atoms with van der Waals surface area (Å²) in [6, 6.07) is 14.7. The molecule has 0 saturated heterocycles. The Kier molecular flexibility index (Phi) is 16.1. The third-order valence-electron chi connectivity index (χ3n) is 5.90. The molecule has 0 saturated carbocycles. The van der Waals surface area contributed by atoms with Gasteiger partial charge in [-0.2, -0.15) is 0 Å². The second-order valence-electron chi connectivity index (χ2n) is 9.74. The Labute approximate surface area is 248 Å². The van der Waals surface area contributed by atoms with Crippen LogP contribution in [0.1, 0.15) is 75.6 Å². The molecule has 0 fully saturated rings. The Bertz CT molecular complexity index is 1120. The van der Waals surface area contributed by atoms with Gasteiger partial charge in [0.1, 0.15) is 11.5 Å². The van der Waals surface area contributed by atoms with Crippen molar-refractivity contribution >= 4 is 28.8 Å². The van der Waals surface area contributed by atoms with Gasteiger partial charge >= 0.3 is 11.9 Å². The normalized spacial score (nSPS) is 10.5. The van der Waals surface area contributed by atoms with Gasteiger partial charge in [-0.25, -0.2) is 9.59 Å². The van der Waals surface area contributed by atoms with Crippen LogP contribution >= 0.6 is 11.8 Å². The Morgan fingerprint density at radius 1 is 0.585 bits per heavy atom. The molecular weight excluding hydrogens is 540 g/mol. The number of rotatable bonds is 20. The van der Waals surface area contributed by atoms with E-state index in [0.29, 0.717) is 43.1 Å². The Balaban J connectivity index is 1.57. The van der Waals surface area contributed by atoms with E-state index in [1.165, 1.54) is 11.8 Å². The number of hydrogen-bond donors (Lipinski definition) is 0. The van der Waals surface area contributed by atoms with E-state index in [1.807, 2.05) is 36.4 Å². The zero-order valence-electron chi connectivity index (χ0n) is 24.3. The zero-order valence-corrected chi connectivity index (χ0v) is 25.1. The summed E-state index contributed by atoms with van der Waals surface area (Å²) in [5.74, 6) is 0.824. The molecular formula is C33H42O7S. The van der Waals surface area contributed by atoms with Gasteiger partial charge in [0.2, 0.25) is 5.12 Å². The molecule has 222 valence electrons. The predicted molar refractivity (Wildman–Crippen MR) is 163 cm³/mol. The summed E-state index contributed by atoms with van der Waals surface area (Å²) >= 11 is 1.18. The fourth-order valence-electron chi connectivity index (χ4n) is 3.53. The molecule has 0 aliphatic rings. The van der Waals surface area contributed by atoms with E-state index >= 15 is 0 Å². The first kappa shape index (κ1) is 33.7. The van der Waals surface area contributed by atoms with Crippen molar-refractivity contribution < 1.29 is 33.3 Å². The topological polar surface area (TPSA) is 88.1 Å². The number of ether oxygens (including phenoxy) is 4. The lowest BCUT2D eigenvalue weighted by Crippen LogP contribution is -2.06. The molecule has 0 aliphatic carbocycles. The highest BCUT2D eigenvalue weighted by Gasteiger charge is 2.09. The van der Waals surface area contributed by atoms with E-state index in [4.69, 9.17) is 18.9 Å². The minimum absolute atomic E-state index is 0.0357. The smallest absolute Gasteiger partial charge is 0.333 e. The Hall–Kier alpha value is -3.52. The summed E-state index contributed by atoms with van der Waals surface area (Å²) in [5.41, 5.74) is 1.45. The lowest BCUT2D eigenvalue weighted by atomic mass is 10.2. The van der Waals surface area contributed by atoms with Crippen LogP contribution in [-0.2, 0) is 19.1 Å². The van der Waals surface area contributed by atoms with Crippen molar-refractivity contribution in [3.05, 3.63) is 78.4 Å². The molecule has 0 radical (unpaired) electrons. The van der Waals surface area contributed by atoms with Gasteiger partial charge < -0.3 is 18.9 Å². The van der Waals surface area contributed by atoms with E-state index in [-0.39, 0.29) is 17.1 Å². The minimum Gasteiger partial charge on any atom is -0.494 e. The van der Waals surface area contributed by atoms with Crippen LogP contribution in [0.5, 0.6) is 11.5 Å². The van der Waals surface area contributed by atoms with Gasteiger partial charge in [-0.3, -0.25) is 4.79 Å². The average Bonchev–Trinajstić information content (AvgIpc) is 2.96. The maximum Gasteiger partial charge on any atom is 0.333 e. The summed E-state index contributed by atoms with van der Waals surface area (Å²) in [7, 11) is 0. The molecule has 2 aromatic rings. The van der Waals surface area contributed by atoms with Crippen LogP contribution in [0.2, 0.25) is 0 Å².